The van der Waals surface area contributed by atoms with Crippen LogP contribution in [0.5, 0.6) is 0 Å². The number of anilines is 1. The number of aromatic nitrogens is 2. The number of hydrogen-bond donors (Lipinski definition) is 1. The zero-order valence-corrected chi connectivity index (χ0v) is 16.7. The highest BCUT2D eigenvalue weighted by atomic mass is 19.1. The fourth-order valence-electron chi connectivity index (χ4n) is 3.21. The molecular weight excluding hydrogens is 383 g/mol. The molecule has 1 N–H and O–H groups in total. The van der Waals surface area contributed by atoms with Gasteiger partial charge in [0, 0.05) is 24.9 Å². The number of rotatable bonds is 8. The molecule has 0 amide bonds. The van der Waals surface area contributed by atoms with Crippen molar-refractivity contribution in [3.05, 3.63) is 89.5 Å². The molecule has 2 aromatic carbocycles. The van der Waals surface area contributed by atoms with Gasteiger partial charge < -0.3 is 10.1 Å². The number of nitrogens with one attached hydrogen (secondary N) is 1. The van der Waals surface area contributed by atoms with Gasteiger partial charge in [-0.2, -0.15) is 0 Å². The molecule has 2 heterocycles. The lowest BCUT2D eigenvalue weighted by Crippen LogP contribution is -2.22. The predicted molar refractivity (Wildman–Crippen MR) is 113 cm³/mol. The minimum absolute atomic E-state index is 0.271. The Labute approximate surface area is 175 Å². The summed E-state index contributed by atoms with van der Waals surface area (Å²) in [6.07, 6.45) is 1.71. The van der Waals surface area contributed by atoms with Crippen LogP contribution in [0.1, 0.15) is 23.7 Å². The van der Waals surface area contributed by atoms with Crippen molar-refractivity contribution < 1.29 is 14.0 Å². The molecule has 0 aliphatic carbocycles. The number of ether oxygens (including phenoxy) is 1. The maximum atomic E-state index is 13.4. The van der Waals surface area contributed by atoms with Crippen molar-refractivity contribution in [3.63, 3.8) is 0 Å². The Kier molecular flexibility index (Phi) is 6.32. The van der Waals surface area contributed by atoms with Gasteiger partial charge in [-0.05, 0) is 36.2 Å². The summed E-state index contributed by atoms with van der Waals surface area (Å²) in [6, 6.07) is 18.3. The van der Waals surface area contributed by atoms with E-state index >= 15 is 0 Å². The lowest BCUT2D eigenvalue weighted by molar-refractivity contribution is -0.142. The van der Waals surface area contributed by atoms with Gasteiger partial charge in [0.1, 0.15) is 19.2 Å². The third-order valence-corrected chi connectivity index (χ3v) is 4.70. The molecule has 0 unspecified atom stereocenters. The van der Waals surface area contributed by atoms with Crippen molar-refractivity contribution in [2.24, 2.45) is 0 Å². The summed E-state index contributed by atoms with van der Waals surface area (Å²) in [5, 5.41) is 4.95. The fourth-order valence-corrected chi connectivity index (χ4v) is 3.21. The Bertz CT molecular complexity index is 1010. The molecule has 1 aliphatic heterocycles. The van der Waals surface area contributed by atoms with Crippen LogP contribution >= 0.6 is 0 Å². The summed E-state index contributed by atoms with van der Waals surface area (Å²) in [5.41, 5.74) is 4.43. The second-order valence-electron chi connectivity index (χ2n) is 6.71. The van der Waals surface area contributed by atoms with Gasteiger partial charge in [0.15, 0.2) is 0 Å². The molecule has 0 atom stereocenters. The monoisotopic (exact) mass is 406 g/mol. The van der Waals surface area contributed by atoms with Crippen LogP contribution in [0.4, 0.5) is 10.3 Å². The Morgan fingerprint density at radius 1 is 1.10 bits per heavy atom. The van der Waals surface area contributed by atoms with Gasteiger partial charge in [-0.15, -0.1) is 0 Å². The number of hydroxylamine groups is 2. The largest absolute Gasteiger partial charge is 0.359 e. The minimum Gasteiger partial charge on any atom is -0.359 e. The highest BCUT2D eigenvalue weighted by molar-refractivity contribution is 5.90. The van der Waals surface area contributed by atoms with Crippen LogP contribution < -0.4 is 5.32 Å². The van der Waals surface area contributed by atoms with Gasteiger partial charge in [-0.1, -0.05) is 42.5 Å². The average molecular weight is 406 g/mol. The van der Waals surface area contributed by atoms with Crippen LogP contribution in [0.15, 0.2) is 66.9 Å². The van der Waals surface area contributed by atoms with Crippen molar-refractivity contribution in [2.45, 2.75) is 13.5 Å². The van der Waals surface area contributed by atoms with E-state index in [0.717, 1.165) is 22.4 Å². The molecule has 0 saturated carbocycles. The zero-order valence-electron chi connectivity index (χ0n) is 16.7. The second-order valence-corrected chi connectivity index (χ2v) is 6.71. The third kappa shape index (κ3) is 4.64. The van der Waals surface area contributed by atoms with Crippen molar-refractivity contribution >= 4 is 17.2 Å². The lowest BCUT2D eigenvalue weighted by atomic mass is 10.0. The molecule has 1 aliphatic rings. The molecule has 1 aromatic heterocycles. The molecule has 0 bridgehead atoms. The van der Waals surface area contributed by atoms with Gasteiger partial charge in [0.25, 0.3) is 0 Å². The smallest absolute Gasteiger partial charge is 0.223 e. The molecule has 0 spiro atoms. The predicted octanol–water partition coefficient (Wildman–Crippen LogP) is 4.34. The Morgan fingerprint density at radius 2 is 1.90 bits per heavy atom. The quantitative estimate of drug-likeness (QED) is 0.601. The number of hydrogen-bond acceptors (Lipinski definition) is 6. The minimum atomic E-state index is -0.277. The zero-order chi connectivity index (χ0) is 20.8. The maximum absolute atomic E-state index is 13.4. The SMILES string of the molecule is CCOCN1OCC(c2ccc(F)cc2)=C1c1ccnc(NCc2ccccc2)n1. The van der Waals surface area contributed by atoms with E-state index in [9.17, 15) is 4.39 Å². The first-order chi connectivity index (χ1) is 14.7. The molecule has 3 aromatic rings. The van der Waals surface area contributed by atoms with Crippen molar-refractivity contribution in [2.75, 3.05) is 25.3 Å². The summed E-state index contributed by atoms with van der Waals surface area (Å²) in [6.45, 7) is 3.73. The summed E-state index contributed by atoms with van der Waals surface area (Å²) in [4.78, 5) is 14.9. The molecule has 30 heavy (non-hydrogen) atoms. The summed E-state index contributed by atoms with van der Waals surface area (Å²) in [7, 11) is 0. The van der Waals surface area contributed by atoms with Crippen LogP contribution in [-0.4, -0.2) is 35.0 Å². The van der Waals surface area contributed by atoms with Crippen LogP contribution in [0.25, 0.3) is 11.3 Å². The van der Waals surface area contributed by atoms with Crippen molar-refractivity contribution in [1.82, 2.24) is 15.0 Å². The normalized spacial score (nSPS) is 13.7. The lowest BCUT2D eigenvalue weighted by Gasteiger charge is -2.20. The Morgan fingerprint density at radius 3 is 2.67 bits per heavy atom. The summed E-state index contributed by atoms with van der Waals surface area (Å²) in [5.74, 6) is 0.242. The molecule has 0 saturated heterocycles. The maximum Gasteiger partial charge on any atom is 0.223 e. The van der Waals surface area contributed by atoms with Crippen LogP contribution in [0.2, 0.25) is 0 Å². The average Bonchev–Trinajstić information content (AvgIpc) is 3.21. The topological polar surface area (TPSA) is 59.5 Å². The third-order valence-electron chi connectivity index (χ3n) is 4.70. The van der Waals surface area contributed by atoms with Gasteiger partial charge in [-0.25, -0.2) is 19.4 Å². The highest BCUT2D eigenvalue weighted by Gasteiger charge is 2.27. The standard InChI is InChI=1S/C23H23FN4O2/c1-2-29-16-28-22(20(15-30-28)18-8-10-19(24)11-9-18)21-12-13-25-23(27-21)26-14-17-6-4-3-5-7-17/h3-13H,2,14-16H2,1H3,(H,25,26,27). The number of benzene rings is 2. The van der Waals surface area contributed by atoms with Crippen LogP contribution in [0.3, 0.4) is 0 Å². The summed E-state index contributed by atoms with van der Waals surface area (Å²) >= 11 is 0. The molecular formula is C23H23FN4O2. The van der Waals surface area contributed by atoms with Gasteiger partial charge in [0.2, 0.25) is 5.95 Å². The first kappa shape index (κ1) is 20.0. The molecule has 0 radical (unpaired) electrons. The van der Waals surface area contributed by atoms with E-state index in [0.29, 0.717) is 31.4 Å². The van der Waals surface area contributed by atoms with Crippen molar-refractivity contribution in [1.29, 1.82) is 0 Å². The molecule has 4 rings (SSSR count). The summed E-state index contributed by atoms with van der Waals surface area (Å²) < 4.78 is 19.0. The number of nitrogens with zero attached hydrogens (tertiary/aromatic N) is 3. The van der Waals surface area contributed by atoms with E-state index in [1.807, 2.05) is 43.3 Å². The van der Waals surface area contributed by atoms with E-state index in [-0.39, 0.29) is 12.5 Å². The van der Waals surface area contributed by atoms with Gasteiger partial charge >= 0.3 is 0 Å². The highest BCUT2D eigenvalue weighted by Crippen LogP contribution is 2.34. The van der Waals surface area contributed by atoms with E-state index in [2.05, 4.69) is 10.3 Å². The molecule has 6 nitrogen and oxygen atoms in total. The molecule has 154 valence electrons. The van der Waals surface area contributed by atoms with E-state index < -0.39 is 0 Å². The number of halogens is 1. The van der Waals surface area contributed by atoms with Crippen LogP contribution in [0, 0.1) is 5.82 Å². The first-order valence-electron chi connectivity index (χ1n) is 9.83. The molecule has 7 heteroatoms. The van der Waals surface area contributed by atoms with Crippen molar-refractivity contribution in [3.8, 4) is 0 Å². The molecule has 0 fully saturated rings. The fraction of sp³-hybridized carbons (Fsp3) is 0.217. The van der Waals surface area contributed by atoms with E-state index in [4.69, 9.17) is 14.6 Å². The Hall–Kier alpha value is -3.29. The van der Waals surface area contributed by atoms with E-state index in [1.54, 1.807) is 23.4 Å². The van der Waals surface area contributed by atoms with Gasteiger partial charge in [-0.3, -0.25) is 4.84 Å². The Balaban J connectivity index is 1.64. The van der Waals surface area contributed by atoms with E-state index in [1.165, 1.54) is 12.1 Å². The first-order valence-corrected chi connectivity index (χ1v) is 9.83. The second kappa shape index (κ2) is 9.47. The van der Waals surface area contributed by atoms with Gasteiger partial charge in [0.05, 0.1) is 11.4 Å². The van der Waals surface area contributed by atoms with Crippen LogP contribution in [-0.2, 0) is 16.1 Å².